The summed E-state index contributed by atoms with van der Waals surface area (Å²) in [6.45, 7) is 10.7. The van der Waals surface area contributed by atoms with Crippen LogP contribution in [0.25, 0.3) is 0 Å². The average molecular weight is 242 g/mol. The Labute approximate surface area is 107 Å². The summed E-state index contributed by atoms with van der Waals surface area (Å²) in [5.74, 6) is 0.610. The summed E-state index contributed by atoms with van der Waals surface area (Å²) >= 11 is 0. The summed E-state index contributed by atoms with van der Waals surface area (Å²) in [7, 11) is 2.23. The molecule has 1 aliphatic heterocycles. The van der Waals surface area contributed by atoms with Crippen LogP contribution in [0.3, 0.4) is 0 Å². The van der Waals surface area contributed by atoms with Crippen molar-refractivity contribution in [2.45, 2.75) is 52.1 Å². The van der Waals surface area contributed by atoms with Crippen LogP contribution >= 0.6 is 0 Å². The van der Waals surface area contributed by atoms with Gasteiger partial charge in [-0.2, -0.15) is 0 Å². The zero-order valence-corrected chi connectivity index (χ0v) is 12.0. The maximum absolute atomic E-state index is 5.77. The number of ether oxygens (including phenoxy) is 1. The van der Waals surface area contributed by atoms with E-state index in [9.17, 15) is 0 Å². The molecule has 1 N–H and O–H groups in total. The number of hydrogen-bond acceptors (Lipinski definition) is 3. The van der Waals surface area contributed by atoms with E-state index >= 15 is 0 Å². The zero-order valence-electron chi connectivity index (χ0n) is 12.0. The molecule has 1 fully saturated rings. The summed E-state index contributed by atoms with van der Waals surface area (Å²) < 4.78 is 5.77. The number of rotatable bonds is 8. The summed E-state index contributed by atoms with van der Waals surface area (Å²) in [5, 5.41) is 3.45. The SMILES string of the molecule is CC(CNC(C)C)COCCC1CCCN1C. The molecule has 1 heterocycles. The quantitative estimate of drug-likeness (QED) is 0.660. The van der Waals surface area contributed by atoms with E-state index < -0.39 is 0 Å². The molecule has 0 bridgehead atoms. The Bertz CT molecular complexity index is 197. The van der Waals surface area contributed by atoms with Crippen molar-refractivity contribution < 1.29 is 4.74 Å². The van der Waals surface area contributed by atoms with Gasteiger partial charge in [-0.3, -0.25) is 0 Å². The Morgan fingerprint density at radius 1 is 1.35 bits per heavy atom. The lowest BCUT2D eigenvalue weighted by Crippen LogP contribution is -2.30. The van der Waals surface area contributed by atoms with Crippen LogP contribution < -0.4 is 5.32 Å². The van der Waals surface area contributed by atoms with E-state index in [0.29, 0.717) is 12.0 Å². The molecule has 0 aromatic rings. The van der Waals surface area contributed by atoms with Gasteiger partial charge in [0.15, 0.2) is 0 Å². The van der Waals surface area contributed by atoms with Gasteiger partial charge < -0.3 is 15.0 Å². The smallest absolute Gasteiger partial charge is 0.0503 e. The van der Waals surface area contributed by atoms with E-state index in [4.69, 9.17) is 4.74 Å². The Hall–Kier alpha value is -0.120. The molecular formula is C14H30N2O. The minimum atomic E-state index is 0.574. The van der Waals surface area contributed by atoms with Crippen molar-refractivity contribution in [1.29, 1.82) is 0 Å². The fourth-order valence-corrected chi connectivity index (χ4v) is 2.34. The Morgan fingerprint density at radius 2 is 2.12 bits per heavy atom. The monoisotopic (exact) mass is 242 g/mol. The highest BCUT2D eigenvalue weighted by atomic mass is 16.5. The maximum atomic E-state index is 5.77. The van der Waals surface area contributed by atoms with Crippen LogP contribution in [0.5, 0.6) is 0 Å². The second kappa shape index (κ2) is 8.06. The van der Waals surface area contributed by atoms with Gasteiger partial charge in [-0.05, 0) is 38.8 Å². The molecular weight excluding hydrogens is 212 g/mol. The van der Waals surface area contributed by atoms with E-state index in [1.54, 1.807) is 0 Å². The molecule has 2 atom stereocenters. The summed E-state index contributed by atoms with van der Waals surface area (Å²) in [4.78, 5) is 2.47. The molecule has 1 rings (SSSR count). The largest absolute Gasteiger partial charge is 0.381 e. The molecule has 0 aromatic carbocycles. The molecule has 0 aliphatic carbocycles. The highest BCUT2D eigenvalue weighted by Crippen LogP contribution is 2.17. The lowest BCUT2D eigenvalue weighted by atomic mass is 10.1. The minimum Gasteiger partial charge on any atom is -0.381 e. The van der Waals surface area contributed by atoms with Crippen LogP contribution in [-0.4, -0.2) is 50.3 Å². The predicted octanol–water partition coefficient (Wildman–Crippen LogP) is 2.12. The van der Waals surface area contributed by atoms with Crippen LogP contribution in [0.15, 0.2) is 0 Å². The van der Waals surface area contributed by atoms with Crippen LogP contribution in [0.2, 0.25) is 0 Å². The fourth-order valence-electron chi connectivity index (χ4n) is 2.34. The molecule has 0 radical (unpaired) electrons. The molecule has 0 spiro atoms. The second-order valence-electron chi connectivity index (χ2n) is 5.81. The van der Waals surface area contributed by atoms with Crippen molar-refractivity contribution in [2.24, 2.45) is 5.92 Å². The fraction of sp³-hybridized carbons (Fsp3) is 1.00. The van der Waals surface area contributed by atoms with Gasteiger partial charge in [-0.25, -0.2) is 0 Å². The average Bonchev–Trinajstić information content (AvgIpc) is 2.68. The third-order valence-corrected chi connectivity index (χ3v) is 3.54. The first-order valence-electron chi connectivity index (χ1n) is 7.11. The van der Waals surface area contributed by atoms with Gasteiger partial charge in [0.05, 0.1) is 6.61 Å². The van der Waals surface area contributed by atoms with E-state index in [-0.39, 0.29) is 0 Å². The lowest BCUT2D eigenvalue weighted by molar-refractivity contribution is 0.0881. The molecule has 1 saturated heterocycles. The van der Waals surface area contributed by atoms with Crippen LogP contribution in [0, 0.1) is 5.92 Å². The van der Waals surface area contributed by atoms with Gasteiger partial charge in [0.2, 0.25) is 0 Å². The van der Waals surface area contributed by atoms with E-state index in [2.05, 4.69) is 38.0 Å². The second-order valence-corrected chi connectivity index (χ2v) is 5.81. The van der Waals surface area contributed by atoms with Crippen LogP contribution in [-0.2, 0) is 4.74 Å². The summed E-state index contributed by atoms with van der Waals surface area (Å²) in [6.07, 6.45) is 3.90. The third-order valence-electron chi connectivity index (χ3n) is 3.54. The predicted molar refractivity (Wildman–Crippen MR) is 73.4 cm³/mol. The van der Waals surface area contributed by atoms with Crippen molar-refractivity contribution in [2.75, 3.05) is 33.4 Å². The van der Waals surface area contributed by atoms with Gasteiger partial charge in [0, 0.05) is 25.2 Å². The first-order valence-corrected chi connectivity index (χ1v) is 7.11. The first-order chi connectivity index (χ1) is 8.09. The number of nitrogens with zero attached hydrogens (tertiary/aromatic N) is 1. The van der Waals surface area contributed by atoms with Gasteiger partial charge in [-0.1, -0.05) is 20.8 Å². The standard InChI is InChI=1S/C14H30N2O/c1-12(2)15-10-13(3)11-17-9-7-14-6-5-8-16(14)4/h12-15H,5-11H2,1-4H3. The number of likely N-dealkylation sites (tertiary alicyclic amines) is 1. The molecule has 1 aliphatic rings. The summed E-state index contributed by atoms with van der Waals surface area (Å²) in [5.41, 5.74) is 0. The minimum absolute atomic E-state index is 0.574. The molecule has 2 unspecified atom stereocenters. The van der Waals surface area contributed by atoms with Gasteiger partial charge >= 0.3 is 0 Å². The lowest BCUT2D eigenvalue weighted by Gasteiger charge is -2.20. The molecule has 0 aromatic heterocycles. The highest BCUT2D eigenvalue weighted by Gasteiger charge is 2.20. The molecule has 17 heavy (non-hydrogen) atoms. The molecule has 102 valence electrons. The highest BCUT2D eigenvalue weighted by molar-refractivity contribution is 4.75. The van der Waals surface area contributed by atoms with Crippen molar-refractivity contribution in [3.63, 3.8) is 0 Å². The van der Waals surface area contributed by atoms with Crippen LogP contribution in [0.1, 0.15) is 40.0 Å². The third kappa shape index (κ3) is 6.39. The summed E-state index contributed by atoms with van der Waals surface area (Å²) in [6, 6.07) is 1.34. The van der Waals surface area contributed by atoms with Gasteiger partial charge in [0.25, 0.3) is 0 Å². The topological polar surface area (TPSA) is 24.5 Å². The van der Waals surface area contributed by atoms with E-state index in [0.717, 1.165) is 25.8 Å². The Balaban J connectivity index is 1.96. The Morgan fingerprint density at radius 3 is 2.71 bits per heavy atom. The van der Waals surface area contributed by atoms with E-state index in [1.807, 2.05) is 0 Å². The van der Waals surface area contributed by atoms with Gasteiger partial charge in [-0.15, -0.1) is 0 Å². The maximum Gasteiger partial charge on any atom is 0.0503 e. The molecule has 3 nitrogen and oxygen atoms in total. The normalized spacial score (nSPS) is 23.5. The van der Waals surface area contributed by atoms with Crippen LogP contribution in [0.4, 0.5) is 0 Å². The number of hydrogen-bond donors (Lipinski definition) is 1. The van der Waals surface area contributed by atoms with Crippen molar-refractivity contribution in [3.05, 3.63) is 0 Å². The Kier molecular flexibility index (Phi) is 7.09. The zero-order chi connectivity index (χ0) is 12.7. The van der Waals surface area contributed by atoms with Crippen molar-refractivity contribution in [1.82, 2.24) is 10.2 Å². The van der Waals surface area contributed by atoms with E-state index in [1.165, 1.54) is 25.8 Å². The number of nitrogens with one attached hydrogen (secondary N) is 1. The molecule has 0 saturated carbocycles. The first kappa shape index (κ1) is 14.9. The van der Waals surface area contributed by atoms with Crippen molar-refractivity contribution >= 4 is 0 Å². The van der Waals surface area contributed by atoms with Gasteiger partial charge in [0.1, 0.15) is 0 Å². The molecule has 0 amide bonds. The molecule has 3 heteroatoms. The van der Waals surface area contributed by atoms with Crippen molar-refractivity contribution in [3.8, 4) is 0 Å².